The van der Waals surface area contributed by atoms with Gasteiger partial charge < -0.3 is 0 Å². The summed E-state index contributed by atoms with van der Waals surface area (Å²) >= 11 is 0. The van der Waals surface area contributed by atoms with E-state index in [2.05, 4.69) is 16.0 Å². The van der Waals surface area contributed by atoms with Crippen molar-refractivity contribution in [1.29, 1.82) is 0 Å². The Morgan fingerprint density at radius 3 is 2.68 bits per heavy atom. The third-order valence-corrected chi connectivity index (χ3v) is 3.56. The standard InChI is InChI=1S/C16H17FN2/c17-16-5-3-4-14(9-16)15-8-13(10-18-11-15)12-19-6-1-2-7-19/h3-5,8-11H,1-2,6-7,12H2. The number of pyridine rings is 1. The van der Waals surface area contributed by atoms with Crippen molar-refractivity contribution in [3.05, 3.63) is 54.1 Å². The van der Waals surface area contributed by atoms with Crippen molar-refractivity contribution in [3.63, 3.8) is 0 Å². The number of hydrogen-bond acceptors (Lipinski definition) is 2. The first-order chi connectivity index (χ1) is 9.31. The molecule has 2 nitrogen and oxygen atoms in total. The number of hydrogen-bond donors (Lipinski definition) is 0. The van der Waals surface area contributed by atoms with Crippen molar-refractivity contribution in [2.24, 2.45) is 0 Å². The van der Waals surface area contributed by atoms with Crippen molar-refractivity contribution in [2.45, 2.75) is 19.4 Å². The van der Waals surface area contributed by atoms with Gasteiger partial charge in [-0.25, -0.2) is 4.39 Å². The Bertz CT molecular complexity index is 562. The number of likely N-dealkylation sites (tertiary alicyclic amines) is 1. The largest absolute Gasteiger partial charge is 0.299 e. The van der Waals surface area contributed by atoms with Gasteiger partial charge in [0, 0.05) is 24.5 Å². The molecule has 3 heteroatoms. The molecule has 0 unspecified atom stereocenters. The van der Waals surface area contributed by atoms with Gasteiger partial charge >= 0.3 is 0 Å². The highest BCUT2D eigenvalue weighted by Crippen LogP contribution is 2.21. The number of nitrogens with zero attached hydrogens (tertiary/aromatic N) is 2. The average Bonchev–Trinajstić information content (AvgIpc) is 2.92. The zero-order valence-corrected chi connectivity index (χ0v) is 10.8. The molecule has 2 aromatic rings. The van der Waals surface area contributed by atoms with Crippen LogP contribution in [-0.2, 0) is 6.54 Å². The minimum Gasteiger partial charge on any atom is -0.299 e. The van der Waals surface area contributed by atoms with Crippen molar-refractivity contribution in [1.82, 2.24) is 9.88 Å². The van der Waals surface area contributed by atoms with Crippen LogP contribution >= 0.6 is 0 Å². The average molecular weight is 256 g/mol. The molecule has 0 aliphatic carbocycles. The van der Waals surface area contributed by atoms with E-state index in [1.54, 1.807) is 18.3 Å². The summed E-state index contributed by atoms with van der Waals surface area (Å²) in [5.74, 6) is -0.206. The van der Waals surface area contributed by atoms with E-state index in [-0.39, 0.29) is 5.82 Å². The quantitative estimate of drug-likeness (QED) is 0.835. The number of rotatable bonds is 3. The van der Waals surface area contributed by atoms with Crippen LogP contribution in [0.3, 0.4) is 0 Å². The molecule has 0 bridgehead atoms. The Labute approximate surface area is 112 Å². The molecule has 1 aliphatic rings. The summed E-state index contributed by atoms with van der Waals surface area (Å²) in [6.45, 7) is 3.28. The number of halogens is 1. The lowest BCUT2D eigenvalue weighted by Crippen LogP contribution is -2.18. The van der Waals surface area contributed by atoms with E-state index in [0.29, 0.717) is 0 Å². The molecule has 0 amide bonds. The highest BCUT2D eigenvalue weighted by molar-refractivity contribution is 5.62. The Kier molecular flexibility index (Phi) is 3.56. The molecular weight excluding hydrogens is 239 g/mol. The fourth-order valence-corrected chi connectivity index (χ4v) is 2.60. The number of benzene rings is 1. The Hall–Kier alpha value is -1.74. The first-order valence-electron chi connectivity index (χ1n) is 6.73. The summed E-state index contributed by atoms with van der Waals surface area (Å²) in [5, 5.41) is 0. The molecule has 0 spiro atoms. The van der Waals surface area contributed by atoms with Crippen LogP contribution in [0.2, 0.25) is 0 Å². The molecule has 3 rings (SSSR count). The second-order valence-electron chi connectivity index (χ2n) is 5.08. The Morgan fingerprint density at radius 1 is 1.05 bits per heavy atom. The fourth-order valence-electron chi connectivity index (χ4n) is 2.60. The third kappa shape index (κ3) is 2.99. The molecule has 1 fully saturated rings. The summed E-state index contributed by atoms with van der Waals surface area (Å²) in [4.78, 5) is 6.72. The predicted molar refractivity (Wildman–Crippen MR) is 74.1 cm³/mol. The van der Waals surface area contributed by atoms with Gasteiger partial charge in [-0.3, -0.25) is 9.88 Å². The van der Waals surface area contributed by atoms with E-state index in [1.807, 2.05) is 12.3 Å². The fraction of sp³-hybridized carbons (Fsp3) is 0.312. The Morgan fingerprint density at radius 2 is 1.89 bits per heavy atom. The van der Waals surface area contributed by atoms with Crippen molar-refractivity contribution in [3.8, 4) is 11.1 Å². The maximum atomic E-state index is 13.3. The maximum Gasteiger partial charge on any atom is 0.123 e. The minimum atomic E-state index is -0.206. The molecule has 1 aliphatic heterocycles. The lowest BCUT2D eigenvalue weighted by Gasteiger charge is -2.14. The van der Waals surface area contributed by atoms with Crippen LogP contribution in [0.1, 0.15) is 18.4 Å². The smallest absolute Gasteiger partial charge is 0.123 e. The molecule has 0 N–H and O–H groups in total. The van der Waals surface area contributed by atoms with Crippen molar-refractivity contribution in [2.75, 3.05) is 13.1 Å². The zero-order valence-electron chi connectivity index (χ0n) is 10.8. The molecule has 1 aromatic heterocycles. The molecule has 19 heavy (non-hydrogen) atoms. The molecule has 0 radical (unpaired) electrons. The molecule has 98 valence electrons. The van der Waals surface area contributed by atoms with E-state index in [1.165, 1.54) is 37.6 Å². The summed E-state index contributed by atoms with van der Waals surface area (Å²) in [5.41, 5.74) is 3.07. The SMILES string of the molecule is Fc1cccc(-c2cncc(CN3CCCC3)c2)c1. The molecule has 0 atom stereocenters. The first-order valence-corrected chi connectivity index (χ1v) is 6.73. The second-order valence-corrected chi connectivity index (χ2v) is 5.08. The summed E-state index contributed by atoms with van der Waals surface area (Å²) in [7, 11) is 0. The van der Waals surface area contributed by atoms with Gasteiger partial charge in [0.2, 0.25) is 0 Å². The molecule has 0 saturated carbocycles. The van der Waals surface area contributed by atoms with Gasteiger partial charge in [-0.05, 0) is 55.3 Å². The van der Waals surface area contributed by atoms with E-state index < -0.39 is 0 Å². The predicted octanol–water partition coefficient (Wildman–Crippen LogP) is 3.48. The Balaban J connectivity index is 1.82. The molecule has 1 saturated heterocycles. The molecule has 1 aromatic carbocycles. The first kappa shape index (κ1) is 12.3. The van der Waals surface area contributed by atoms with Crippen LogP contribution < -0.4 is 0 Å². The van der Waals surface area contributed by atoms with E-state index in [9.17, 15) is 4.39 Å². The maximum absolute atomic E-state index is 13.3. The van der Waals surface area contributed by atoms with Crippen LogP contribution in [-0.4, -0.2) is 23.0 Å². The van der Waals surface area contributed by atoms with E-state index >= 15 is 0 Å². The van der Waals surface area contributed by atoms with Gasteiger partial charge in [0.15, 0.2) is 0 Å². The number of aromatic nitrogens is 1. The van der Waals surface area contributed by atoms with Gasteiger partial charge in [-0.15, -0.1) is 0 Å². The highest BCUT2D eigenvalue weighted by Gasteiger charge is 2.12. The zero-order chi connectivity index (χ0) is 13.1. The molecule has 2 heterocycles. The monoisotopic (exact) mass is 256 g/mol. The van der Waals surface area contributed by atoms with E-state index in [4.69, 9.17) is 0 Å². The van der Waals surface area contributed by atoms with Crippen LogP contribution in [0.15, 0.2) is 42.7 Å². The third-order valence-electron chi connectivity index (χ3n) is 3.56. The summed E-state index contributed by atoms with van der Waals surface area (Å²) in [6, 6.07) is 8.78. The molecular formula is C16H17FN2. The van der Waals surface area contributed by atoms with E-state index in [0.717, 1.165) is 17.7 Å². The minimum absolute atomic E-state index is 0.206. The van der Waals surface area contributed by atoms with Crippen LogP contribution in [0, 0.1) is 5.82 Å². The lowest BCUT2D eigenvalue weighted by molar-refractivity contribution is 0.331. The van der Waals surface area contributed by atoms with Crippen LogP contribution in [0.25, 0.3) is 11.1 Å². The van der Waals surface area contributed by atoms with Crippen LogP contribution in [0.4, 0.5) is 4.39 Å². The van der Waals surface area contributed by atoms with Gasteiger partial charge in [-0.1, -0.05) is 12.1 Å². The van der Waals surface area contributed by atoms with Crippen molar-refractivity contribution >= 4 is 0 Å². The normalized spacial score (nSPS) is 15.8. The van der Waals surface area contributed by atoms with Gasteiger partial charge in [0.1, 0.15) is 5.82 Å². The summed E-state index contributed by atoms with van der Waals surface area (Å²) in [6.07, 6.45) is 6.28. The summed E-state index contributed by atoms with van der Waals surface area (Å²) < 4.78 is 13.3. The van der Waals surface area contributed by atoms with Gasteiger partial charge in [0.05, 0.1) is 0 Å². The van der Waals surface area contributed by atoms with Crippen molar-refractivity contribution < 1.29 is 4.39 Å². The van der Waals surface area contributed by atoms with Gasteiger partial charge in [-0.2, -0.15) is 0 Å². The van der Waals surface area contributed by atoms with Gasteiger partial charge in [0.25, 0.3) is 0 Å². The second kappa shape index (κ2) is 5.49. The lowest BCUT2D eigenvalue weighted by atomic mass is 10.1. The highest BCUT2D eigenvalue weighted by atomic mass is 19.1. The van der Waals surface area contributed by atoms with Crippen LogP contribution in [0.5, 0.6) is 0 Å². The topological polar surface area (TPSA) is 16.1 Å².